The largest absolute Gasteiger partial charge is 0.467 e. The Morgan fingerprint density at radius 2 is 1.88 bits per heavy atom. The summed E-state index contributed by atoms with van der Waals surface area (Å²) >= 11 is 0. The molecule has 2 aromatic rings. The summed E-state index contributed by atoms with van der Waals surface area (Å²) in [5.41, 5.74) is 2.67. The number of methoxy groups -OCH3 is 1. The Labute approximate surface area is 147 Å². The van der Waals surface area contributed by atoms with Gasteiger partial charge < -0.3 is 10.1 Å². The molecule has 2 rings (SSSR count). The number of carbonyl (C=O) groups excluding carboxylic acids is 2. The highest BCUT2D eigenvalue weighted by molar-refractivity contribution is 6.07. The van der Waals surface area contributed by atoms with E-state index in [1.165, 1.54) is 7.11 Å². The lowest BCUT2D eigenvalue weighted by Crippen LogP contribution is -2.45. The Hall–Kier alpha value is -2.44. The molecule has 2 heterocycles. The van der Waals surface area contributed by atoms with E-state index in [0.29, 0.717) is 16.6 Å². The maximum absolute atomic E-state index is 12.9. The molecule has 0 spiro atoms. The Balaban J connectivity index is 2.54. The van der Waals surface area contributed by atoms with Gasteiger partial charge in [0.25, 0.3) is 5.91 Å². The number of nitrogens with zero attached hydrogens (tertiary/aromatic N) is 3. The molecule has 0 bridgehead atoms. The Morgan fingerprint density at radius 1 is 1.24 bits per heavy atom. The molecule has 0 saturated carbocycles. The summed E-state index contributed by atoms with van der Waals surface area (Å²) in [7, 11) is 3.12. The number of carbonyl (C=O) groups is 2. The summed E-state index contributed by atoms with van der Waals surface area (Å²) in [6, 6.07) is 1.08. The predicted molar refractivity (Wildman–Crippen MR) is 95.4 cm³/mol. The minimum atomic E-state index is -0.708. The first-order valence-corrected chi connectivity index (χ1v) is 8.40. The molecule has 136 valence electrons. The van der Waals surface area contributed by atoms with Crippen LogP contribution in [0.5, 0.6) is 0 Å². The van der Waals surface area contributed by atoms with Gasteiger partial charge in [-0.1, -0.05) is 27.7 Å². The molecule has 0 aromatic carbocycles. The quantitative estimate of drug-likeness (QED) is 0.840. The molecule has 0 aliphatic rings. The Bertz CT molecular complexity index is 808. The number of aryl methyl sites for hydroxylation is 2. The van der Waals surface area contributed by atoms with Crippen LogP contribution < -0.4 is 5.32 Å². The molecule has 1 N–H and O–H groups in total. The fraction of sp³-hybridized carbons (Fsp3) is 0.556. The maximum atomic E-state index is 12.9. The second kappa shape index (κ2) is 7.21. The fourth-order valence-corrected chi connectivity index (χ4v) is 2.78. The van der Waals surface area contributed by atoms with Crippen LogP contribution in [0.25, 0.3) is 11.0 Å². The van der Waals surface area contributed by atoms with Gasteiger partial charge in [0.2, 0.25) is 0 Å². The number of hydrogen-bond donors (Lipinski definition) is 1. The smallest absolute Gasteiger partial charge is 0.328 e. The van der Waals surface area contributed by atoms with Crippen molar-refractivity contribution < 1.29 is 14.3 Å². The van der Waals surface area contributed by atoms with Gasteiger partial charge in [0.15, 0.2) is 5.65 Å². The van der Waals surface area contributed by atoms with Crippen molar-refractivity contribution >= 4 is 22.9 Å². The molecule has 0 fully saturated rings. The van der Waals surface area contributed by atoms with Crippen molar-refractivity contribution in [2.24, 2.45) is 13.0 Å². The van der Waals surface area contributed by atoms with Gasteiger partial charge in [-0.2, -0.15) is 5.10 Å². The highest BCUT2D eigenvalue weighted by Gasteiger charge is 2.27. The normalized spacial score (nSPS) is 12.7. The second-order valence-corrected chi connectivity index (χ2v) is 6.88. The topological polar surface area (TPSA) is 86.1 Å². The number of pyridine rings is 1. The highest BCUT2D eigenvalue weighted by Crippen LogP contribution is 2.25. The monoisotopic (exact) mass is 346 g/mol. The van der Waals surface area contributed by atoms with E-state index in [0.717, 1.165) is 11.4 Å². The van der Waals surface area contributed by atoms with E-state index in [4.69, 9.17) is 4.74 Å². The van der Waals surface area contributed by atoms with Gasteiger partial charge >= 0.3 is 5.97 Å². The van der Waals surface area contributed by atoms with Crippen molar-refractivity contribution in [3.63, 3.8) is 0 Å². The molecule has 0 unspecified atom stereocenters. The van der Waals surface area contributed by atoms with Crippen LogP contribution in [0.15, 0.2) is 6.07 Å². The van der Waals surface area contributed by atoms with E-state index in [9.17, 15) is 9.59 Å². The standard InChI is InChI=1S/C18H26N4O3/c1-9(2)13-8-12(14-11(5)21-22(6)16(14)19-13)17(23)20-15(10(3)4)18(24)25-7/h8-10,15H,1-7H3,(H,20,23)/t15-/m0/s1. The van der Waals surface area contributed by atoms with E-state index in [-0.39, 0.29) is 17.7 Å². The zero-order valence-corrected chi connectivity index (χ0v) is 15.9. The van der Waals surface area contributed by atoms with Crippen LogP contribution >= 0.6 is 0 Å². The molecule has 7 heteroatoms. The van der Waals surface area contributed by atoms with Crippen molar-refractivity contribution in [3.8, 4) is 0 Å². The summed E-state index contributed by atoms with van der Waals surface area (Å²) in [6.07, 6.45) is 0. The summed E-state index contributed by atoms with van der Waals surface area (Å²) < 4.78 is 6.48. The van der Waals surface area contributed by atoms with Gasteiger partial charge in [0.1, 0.15) is 6.04 Å². The van der Waals surface area contributed by atoms with E-state index in [1.54, 1.807) is 17.8 Å². The van der Waals surface area contributed by atoms with Crippen molar-refractivity contribution in [2.45, 2.75) is 46.6 Å². The van der Waals surface area contributed by atoms with Gasteiger partial charge in [-0.15, -0.1) is 0 Å². The predicted octanol–water partition coefficient (Wildman–Crippen LogP) is 2.33. The number of rotatable bonds is 5. The average Bonchev–Trinajstić information content (AvgIpc) is 2.85. The zero-order chi connectivity index (χ0) is 18.9. The van der Waals surface area contributed by atoms with E-state index < -0.39 is 12.0 Å². The highest BCUT2D eigenvalue weighted by atomic mass is 16.5. The molecule has 25 heavy (non-hydrogen) atoms. The van der Waals surface area contributed by atoms with Gasteiger partial charge in [0, 0.05) is 12.7 Å². The summed E-state index contributed by atoms with van der Waals surface area (Å²) in [4.78, 5) is 29.5. The molecule has 2 aromatic heterocycles. The van der Waals surface area contributed by atoms with E-state index in [2.05, 4.69) is 15.4 Å². The van der Waals surface area contributed by atoms with Gasteiger partial charge in [-0.3, -0.25) is 9.48 Å². The summed E-state index contributed by atoms with van der Waals surface area (Å²) in [5, 5.41) is 7.89. The number of nitrogens with one attached hydrogen (secondary N) is 1. The van der Waals surface area contributed by atoms with Crippen molar-refractivity contribution in [1.29, 1.82) is 0 Å². The number of fused-ring (bicyclic) bond motifs is 1. The van der Waals surface area contributed by atoms with Crippen LogP contribution in [-0.2, 0) is 16.6 Å². The Kier molecular flexibility index (Phi) is 5.45. The van der Waals surface area contributed by atoms with Crippen LogP contribution in [0.1, 0.15) is 55.4 Å². The third kappa shape index (κ3) is 3.65. The van der Waals surface area contributed by atoms with Crippen LogP contribution in [0.2, 0.25) is 0 Å². The first-order valence-electron chi connectivity index (χ1n) is 8.40. The molecular weight excluding hydrogens is 320 g/mol. The molecule has 0 saturated heterocycles. The van der Waals surface area contributed by atoms with Crippen LogP contribution in [-0.4, -0.2) is 39.8 Å². The zero-order valence-electron chi connectivity index (χ0n) is 15.9. The second-order valence-electron chi connectivity index (χ2n) is 6.88. The molecule has 0 aliphatic carbocycles. The minimum absolute atomic E-state index is 0.0895. The molecular formula is C18H26N4O3. The maximum Gasteiger partial charge on any atom is 0.328 e. The van der Waals surface area contributed by atoms with Crippen LogP contribution in [0.4, 0.5) is 0 Å². The van der Waals surface area contributed by atoms with E-state index >= 15 is 0 Å². The first-order chi connectivity index (χ1) is 11.7. The molecule has 0 aliphatic heterocycles. The number of ether oxygens (including phenoxy) is 1. The van der Waals surface area contributed by atoms with Crippen LogP contribution in [0, 0.1) is 12.8 Å². The molecule has 1 amide bonds. The lowest BCUT2D eigenvalue weighted by Gasteiger charge is -2.20. The molecule has 1 atom stereocenters. The third-order valence-corrected chi connectivity index (χ3v) is 4.23. The average molecular weight is 346 g/mol. The summed E-state index contributed by atoms with van der Waals surface area (Å²) in [6.45, 7) is 9.60. The minimum Gasteiger partial charge on any atom is -0.467 e. The molecule has 7 nitrogen and oxygen atoms in total. The van der Waals surface area contributed by atoms with E-state index in [1.807, 2.05) is 34.6 Å². The lowest BCUT2D eigenvalue weighted by atomic mass is 10.0. The SMILES string of the molecule is COC(=O)[C@@H](NC(=O)c1cc(C(C)C)nc2c1c(C)nn2C)C(C)C. The van der Waals surface area contributed by atoms with Crippen molar-refractivity contribution in [3.05, 3.63) is 23.0 Å². The van der Waals surface area contributed by atoms with Gasteiger partial charge in [-0.05, 0) is 24.8 Å². The number of esters is 1. The number of hydrogen-bond acceptors (Lipinski definition) is 5. The van der Waals surface area contributed by atoms with Crippen molar-refractivity contribution in [1.82, 2.24) is 20.1 Å². The first kappa shape index (κ1) is 18.9. The van der Waals surface area contributed by atoms with Crippen LogP contribution in [0.3, 0.4) is 0 Å². The number of amides is 1. The molecule has 0 radical (unpaired) electrons. The Morgan fingerprint density at radius 3 is 2.40 bits per heavy atom. The van der Waals surface area contributed by atoms with Gasteiger partial charge in [-0.25, -0.2) is 9.78 Å². The number of aromatic nitrogens is 3. The van der Waals surface area contributed by atoms with Gasteiger partial charge in [0.05, 0.1) is 23.8 Å². The van der Waals surface area contributed by atoms with Crippen molar-refractivity contribution in [2.75, 3.05) is 7.11 Å². The summed E-state index contributed by atoms with van der Waals surface area (Å²) in [5.74, 6) is -0.712. The fourth-order valence-electron chi connectivity index (χ4n) is 2.78. The third-order valence-electron chi connectivity index (χ3n) is 4.23. The lowest BCUT2D eigenvalue weighted by molar-refractivity contribution is -0.144.